The van der Waals surface area contributed by atoms with Crippen molar-refractivity contribution < 1.29 is 13.7 Å². The van der Waals surface area contributed by atoms with Crippen LogP contribution in [-0.4, -0.2) is 12.6 Å². The average Bonchev–Trinajstić information content (AvgIpc) is 3.71. The molecule has 11 rings (SSSR count). The number of hydrogen-bond donors (Lipinski definition) is 0. The van der Waals surface area contributed by atoms with Gasteiger partial charge in [0.1, 0.15) is 0 Å². The van der Waals surface area contributed by atoms with Gasteiger partial charge in [0, 0.05) is 27.8 Å². The largest absolute Gasteiger partial charge is 0.309 e. The molecule has 0 N–H and O–H groups in total. The summed E-state index contributed by atoms with van der Waals surface area (Å²) in [6.45, 7) is 0. The van der Waals surface area contributed by atoms with Gasteiger partial charge in [-0.15, -0.1) is 0 Å². The summed E-state index contributed by atoms with van der Waals surface area (Å²) in [5.74, 6) is 0. The van der Waals surface area contributed by atoms with E-state index in [0.717, 1.165) is 21.8 Å². The van der Waals surface area contributed by atoms with E-state index in [0.29, 0.717) is 28.4 Å². The van der Waals surface area contributed by atoms with Crippen molar-refractivity contribution >= 4 is 84.8 Å². The van der Waals surface area contributed by atoms with Crippen LogP contribution in [-0.2, 0) is 0 Å². The maximum atomic E-state index is 9.22. The standard InChI is InChI=1S/C54H39N3Si/c1-6-20-40(21-7-1)55-51-32-18-19-33-52(51)56(41-22-8-2-9-23-41)54-38-42(34-36-53(54)55)57-49-31-17-16-30-47(49)48-39-46(35-37-50(48)57)58(43-24-10-3-11-25-43,44-26-12-4-13-27-44)45-28-14-5-15-29-45/h1-39H/i1D,2D,6D,7D,8D,9D,20D,21D,22D,23D. The zero-order valence-electron chi connectivity index (χ0n) is 41.1. The summed E-state index contributed by atoms with van der Waals surface area (Å²) in [5.41, 5.74) is 3.77. The van der Waals surface area contributed by atoms with E-state index in [1.54, 1.807) is 40.1 Å². The minimum absolute atomic E-state index is 0.0922. The lowest BCUT2D eigenvalue weighted by molar-refractivity contribution is 1.14. The topological polar surface area (TPSA) is 11.4 Å². The van der Waals surface area contributed by atoms with E-state index in [1.807, 2.05) is 24.3 Å². The first-order valence-corrected chi connectivity index (χ1v) is 21.1. The van der Waals surface area contributed by atoms with E-state index in [1.165, 1.54) is 20.7 Å². The zero-order chi connectivity index (χ0) is 47.2. The van der Waals surface area contributed by atoms with E-state index < -0.39 is 68.5 Å². The first kappa shape index (κ1) is 25.0. The molecule has 1 aromatic heterocycles. The van der Waals surface area contributed by atoms with Crippen LogP contribution in [0.15, 0.2) is 236 Å². The second-order valence-corrected chi connectivity index (χ2v) is 18.0. The molecule has 2 heterocycles. The third-order valence-corrected chi connectivity index (χ3v) is 16.0. The Kier molecular flexibility index (Phi) is 6.01. The normalized spacial score (nSPS) is 14.8. The number of hydrogen-bond acceptors (Lipinski definition) is 2. The van der Waals surface area contributed by atoms with Gasteiger partial charge < -0.3 is 14.4 Å². The van der Waals surface area contributed by atoms with Crippen LogP contribution in [0.1, 0.15) is 13.7 Å². The third kappa shape index (κ3) is 5.27. The van der Waals surface area contributed by atoms with Crippen molar-refractivity contribution in [3.63, 3.8) is 0 Å². The fourth-order valence-corrected chi connectivity index (χ4v) is 13.6. The van der Waals surface area contributed by atoms with Crippen molar-refractivity contribution in [2.45, 2.75) is 0 Å². The van der Waals surface area contributed by atoms with Crippen LogP contribution in [0, 0.1) is 0 Å². The molecule has 0 atom stereocenters. The van der Waals surface area contributed by atoms with Crippen molar-refractivity contribution in [2.24, 2.45) is 0 Å². The number of fused-ring (bicyclic) bond motifs is 5. The van der Waals surface area contributed by atoms with E-state index in [9.17, 15) is 2.74 Å². The Morgan fingerprint density at radius 2 is 0.793 bits per heavy atom. The molecule has 0 spiro atoms. The lowest BCUT2D eigenvalue weighted by atomic mass is 10.0. The molecule has 1 aliphatic heterocycles. The minimum Gasteiger partial charge on any atom is -0.309 e. The first-order valence-electron chi connectivity index (χ1n) is 24.1. The Balaban J connectivity index is 1.21. The van der Waals surface area contributed by atoms with Gasteiger partial charge in [-0.1, -0.05) is 170 Å². The molecular weight excluding hydrogens is 719 g/mol. The summed E-state index contributed by atoms with van der Waals surface area (Å²) < 4.78 is 90.4. The van der Waals surface area contributed by atoms with E-state index >= 15 is 0 Å². The molecule has 0 saturated carbocycles. The number of nitrogens with zero attached hydrogens (tertiary/aromatic N) is 3. The van der Waals surface area contributed by atoms with Crippen LogP contribution in [0.25, 0.3) is 27.5 Å². The SMILES string of the molecule is [2H]c1c([2H])c([2H])c(N2c3ccccc3N(c3c([2H])c([2H])c([2H])c([2H])c3[2H])c3cc(-n4c5ccccc5c5cc([Si](c6ccccc6)(c6ccccc6)c6ccccc6)ccc54)ccc32)c([2H])c1[2H]. The monoisotopic (exact) mass is 767 g/mol. The van der Waals surface area contributed by atoms with Crippen LogP contribution < -0.4 is 30.5 Å². The molecular formula is C54H39N3Si. The average molecular weight is 768 g/mol. The summed E-state index contributed by atoms with van der Waals surface area (Å²) in [6.07, 6.45) is 0. The van der Waals surface area contributed by atoms with Crippen molar-refractivity contribution in [3.8, 4) is 5.69 Å². The summed E-state index contributed by atoms with van der Waals surface area (Å²) in [6, 6.07) is 54.9. The predicted molar refractivity (Wildman–Crippen MR) is 247 cm³/mol. The second-order valence-electron chi connectivity index (χ2n) is 14.2. The number of rotatable bonds is 7. The van der Waals surface area contributed by atoms with Crippen LogP contribution >= 0.6 is 0 Å². The van der Waals surface area contributed by atoms with E-state index in [-0.39, 0.29) is 11.4 Å². The van der Waals surface area contributed by atoms with Gasteiger partial charge in [0.05, 0.1) is 47.5 Å². The molecule has 0 aliphatic carbocycles. The maximum absolute atomic E-state index is 9.22. The molecule has 10 aromatic rings. The van der Waals surface area contributed by atoms with Crippen LogP contribution in [0.4, 0.5) is 34.1 Å². The van der Waals surface area contributed by atoms with E-state index in [2.05, 4.69) is 126 Å². The molecule has 58 heavy (non-hydrogen) atoms. The van der Waals surface area contributed by atoms with Gasteiger partial charge in [-0.2, -0.15) is 0 Å². The third-order valence-electron chi connectivity index (χ3n) is 11.2. The molecule has 274 valence electrons. The van der Waals surface area contributed by atoms with Crippen LogP contribution in [0.3, 0.4) is 0 Å². The highest BCUT2D eigenvalue weighted by Crippen LogP contribution is 2.54. The highest BCUT2D eigenvalue weighted by molar-refractivity contribution is 7.20. The fraction of sp³-hybridized carbons (Fsp3) is 0. The van der Waals surface area contributed by atoms with Gasteiger partial charge >= 0.3 is 0 Å². The molecule has 4 heteroatoms. The van der Waals surface area contributed by atoms with Crippen LogP contribution in [0.2, 0.25) is 0 Å². The fourth-order valence-electron chi connectivity index (χ4n) is 8.86. The lowest BCUT2D eigenvalue weighted by Gasteiger charge is -2.40. The zero-order valence-corrected chi connectivity index (χ0v) is 32.1. The summed E-state index contributed by atoms with van der Waals surface area (Å²) >= 11 is 0. The number of benzene rings is 9. The van der Waals surface area contributed by atoms with Gasteiger partial charge in [-0.25, -0.2) is 0 Å². The second kappa shape index (κ2) is 14.0. The quantitative estimate of drug-likeness (QED) is 0.118. The number of aromatic nitrogens is 1. The number of anilines is 6. The Bertz CT molecular complexity index is 3510. The van der Waals surface area contributed by atoms with Crippen LogP contribution in [0.5, 0.6) is 0 Å². The highest BCUT2D eigenvalue weighted by Gasteiger charge is 2.41. The molecule has 0 unspecified atom stereocenters. The van der Waals surface area contributed by atoms with Gasteiger partial charge in [-0.05, 0) is 87.4 Å². The Morgan fingerprint density at radius 3 is 1.36 bits per heavy atom. The molecule has 0 radical (unpaired) electrons. The van der Waals surface area contributed by atoms with Crippen molar-refractivity contribution in [2.75, 3.05) is 9.80 Å². The number of para-hydroxylation sites is 5. The Morgan fingerprint density at radius 1 is 0.328 bits per heavy atom. The molecule has 0 bridgehead atoms. The molecule has 1 aliphatic rings. The minimum atomic E-state index is -2.93. The highest BCUT2D eigenvalue weighted by atomic mass is 28.3. The van der Waals surface area contributed by atoms with Crippen molar-refractivity contribution in [3.05, 3.63) is 236 Å². The van der Waals surface area contributed by atoms with Gasteiger partial charge in [0.15, 0.2) is 8.07 Å². The summed E-state index contributed by atoms with van der Waals surface area (Å²) in [7, 11) is -2.93. The van der Waals surface area contributed by atoms with Gasteiger partial charge in [0.25, 0.3) is 0 Å². The predicted octanol–water partition coefficient (Wildman–Crippen LogP) is 11.4. The first-order chi connectivity index (χ1) is 32.9. The maximum Gasteiger partial charge on any atom is 0.179 e. The Labute approximate surface area is 354 Å². The van der Waals surface area contributed by atoms with Gasteiger partial charge in [-0.3, -0.25) is 0 Å². The molecule has 0 saturated heterocycles. The van der Waals surface area contributed by atoms with Gasteiger partial charge in [0.2, 0.25) is 0 Å². The van der Waals surface area contributed by atoms with Crippen molar-refractivity contribution in [1.29, 1.82) is 0 Å². The lowest BCUT2D eigenvalue weighted by Crippen LogP contribution is -2.74. The Hall–Kier alpha value is -7.40. The van der Waals surface area contributed by atoms with Crippen molar-refractivity contribution in [1.82, 2.24) is 4.57 Å². The molecule has 0 amide bonds. The molecule has 3 nitrogen and oxygen atoms in total. The van der Waals surface area contributed by atoms with E-state index in [4.69, 9.17) is 11.0 Å². The molecule has 9 aromatic carbocycles. The summed E-state index contributed by atoms with van der Waals surface area (Å²) in [5, 5.41) is 6.95. The molecule has 0 fully saturated rings. The smallest absolute Gasteiger partial charge is 0.179 e. The summed E-state index contributed by atoms with van der Waals surface area (Å²) in [4.78, 5) is 3.24.